The molecule has 1 aliphatic heterocycles. The van der Waals surface area contributed by atoms with Crippen molar-refractivity contribution >= 4 is 29.4 Å². The molecule has 4 atom stereocenters. The van der Waals surface area contributed by atoms with Gasteiger partial charge in [0.05, 0.1) is 5.69 Å². The third kappa shape index (κ3) is 5.50. The highest BCUT2D eigenvalue weighted by Crippen LogP contribution is 2.41. The van der Waals surface area contributed by atoms with Gasteiger partial charge in [0.25, 0.3) is 0 Å². The standard InChI is InChI=1S/C24H28N5O8/c1-14-20(36-19(31)10-16-6-4-3-5-7-16)21(32)24(11-25,37-14)18-9-8-17-22(26-12-27-29(17)18)28-23(33)35-13-34-15(2)30/h8-9,12,14,16,20-21,32H,1,3-7,10,13H2,2H3,(H,26,27,28,33)/t14-,20-,21-,24+/m1/s1. The first-order valence-electron chi connectivity index (χ1n) is 11.9. The Bertz CT molecular complexity index is 1200. The number of carbonyl (C=O) groups excluding carboxylic acids is 3. The molecule has 2 fully saturated rings. The molecule has 1 aliphatic carbocycles. The second-order valence-corrected chi connectivity index (χ2v) is 9.05. The van der Waals surface area contributed by atoms with Crippen molar-refractivity contribution in [3.05, 3.63) is 31.1 Å². The number of anilines is 1. The smallest absolute Gasteiger partial charge is 0.415 e. The molecule has 2 aliphatic rings. The molecule has 197 valence electrons. The van der Waals surface area contributed by atoms with Gasteiger partial charge in [-0.1, -0.05) is 19.3 Å². The molecular weight excluding hydrogens is 486 g/mol. The van der Waals surface area contributed by atoms with Gasteiger partial charge in [0.1, 0.15) is 30.1 Å². The minimum Gasteiger partial charge on any atom is -0.457 e. The van der Waals surface area contributed by atoms with E-state index in [-0.39, 0.29) is 29.4 Å². The van der Waals surface area contributed by atoms with Gasteiger partial charge in [-0.3, -0.25) is 14.9 Å². The number of aliphatic hydroxyl groups is 1. The summed E-state index contributed by atoms with van der Waals surface area (Å²) in [6, 6.07) is 4.97. The summed E-state index contributed by atoms with van der Waals surface area (Å²) in [5.74, 6) is -0.825. The highest BCUT2D eigenvalue weighted by atomic mass is 16.7. The van der Waals surface area contributed by atoms with Gasteiger partial charge in [0, 0.05) is 13.3 Å². The molecule has 1 radical (unpaired) electrons. The molecule has 1 saturated carbocycles. The van der Waals surface area contributed by atoms with Crippen molar-refractivity contribution in [3.8, 4) is 6.07 Å². The quantitative estimate of drug-likeness (QED) is 0.408. The summed E-state index contributed by atoms with van der Waals surface area (Å²) in [6.45, 7) is 4.42. The number of aromatic nitrogens is 3. The lowest BCUT2D eigenvalue weighted by Gasteiger charge is -2.25. The highest BCUT2D eigenvalue weighted by molar-refractivity contribution is 5.88. The van der Waals surface area contributed by atoms with Crippen molar-refractivity contribution < 1.29 is 38.4 Å². The molecule has 13 nitrogen and oxygen atoms in total. The van der Waals surface area contributed by atoms with Crippen LogP contribution >= 0.6 is 0 Å². The lowest BCUT2D eigenvalue weighted by molar-refractivity contribution is -0.156. The Morgan fingerprint density at radius 1 is 1.30 bits per heavy atom. The number of nitrogens with one attached hydrogen (secondary N) is 1. The van der Waals surface area contributed by atoms with Gasteiger partial charge >= 0.3 is 18.0 Å². The Balaban J connectivity index is 1.52. The topological polar surface area (TPSA) is 174 Å². The average Bonchev–Trinajstić information content (AvgIpc) is 3.40. The summed E-state index contributed by atoms with van der Waals surface area (Å²) in [4.78, 5) is 39.5. The number of ether oxygens (including phenoxy) is 4. The maximum Gasteiger partial charge on any atom is 0.415 e. The van der Waals surface area contributed by atoms with Crippen LogP contribution in [0.15, 0.2) is 18.5 Å². The van der Waals surface area contributed by atoms with Gasteiger partial charge in [-0.25, -0.2) is 14.3 Å². The number of amides is 1. The molecule has 0 unspecified atom stereocenters. The molecule has 0 spiro atoms. The van der Waals surface area contributed by atoms with E-state index in [1.807, 2.05) is 6.07 Å². The van der Waals surface area contributed by atoms with E-state index < -0.39 is 48.7 Å². The van der Waals surface area contributed by atoms with Crippen LogP contribution in [-0.4, -0.2) is 62.8 Å². The Hall–Kier alpha value is -3.76. The predicted octanol–water partition coefficient (Wildman–Crippen LogP) is 1.99. The van der Waals surface area contributed by atoms with Crippen molar-refractivity contribution in [3.63, 3.8) is 0 Å². The Labute approximate surface area is 212 Å². The van der Waals surface area contributed by atoms with Crippen LogP contribution in [0.3, 0.4) is 0 Å². The van der Waals surface area contributed by atoms with Crippen LogP contribution in [0, 0.1) is 24.2 Å². The van der Waals surface area contributed by atoms with Crippen molar-refractivity contribution in [2.24, 2.45) is 5.92 Å². The second kappa shape index (κ2) is 11.1. The third-order valence-electron chi connectivity index (χ3n) is 6.55. The van der Waals surface area contributed by atoms with E-state index in [1.54, 1.807) is 0 Å². The first kappa shape index (κ1) is 26.3. The summed E-state index contributed by atoms with van der Waals surface area (Å²) >= 11 is 0. The first-order chi connectivity index (χ1) is 17.7. The van der Waals surface area contributed by atoms with Gasteiger partial charge in [-0.2, -0.15) is 10.4 Å². The molecule has 2 aromatic heterocycles. The maximum absolute atomic E-state index is 12.6. The molecule has 2 N–H and O–H groups in total. The predicted molar refractivity (Wildman–Crippen MR) is 124 cm³/mol. The zero-order chi connectivity index (χ0) is 26.6. The number of rotatable bonds is 7. The van der Waals surface area contributed by atoms with E-state index in [0.717, 1.165) is 38.4 Å². The number of aliphatic hydroxyl groups excluding tert-OH is 1. The van der Waals surface area contributed by atoms with Gasteiger partial charge in [-0.05, 0) is 37.8 Å². The SMILES string of the molecule is [CH2][C@H]1O[C@@](C#N)(c2ccc3c(NC(=O)OCOC(C)=O)ncnn23)[C@H](O)[C@@H]1OC(=O)CC1CCCCC1. The summed E-state index contributed by atoms with van der Waals surface area (Å²) in [5.41, 5.74) is -1.59. The summed E-state index contributed by atoms with van der Waals surface area (Å²) < 4.78 is 22.0. The van der Waals surface area contributed by atoms with E-state index >= 15 is 0 Å². The molecule has 13 heteroatoms. The second-order valence-electron chi connectivity index (χ2n) is 9.05. The van der Waals surface area contributed by atoms with Gasteiger partial charge in [0.15, 0.2) is 11.9 Å². The molecule has 1 saturated heterocycles. The average molecular weight is 515 g/mol. The molecular formula is C24H28N5O8. The maximum atomic E-state index is 12.6. The van der Waals surface area contributed by atoms with Crippen LogP contribution in [0.4, 0.5) is 10.6 Å². The number of hydrogen-bond donors (Lipinski definition) is 2. The van der Waals surface area contributed by atoms with Gasteiger partial charge in [-0.15, -0.1) is 0 Å². The van der Waals surface area contributed by atoms with Crippen LogP contribution in [0.1, 0.15) is 51.1 Å². The minimum absolute atomic E-state index is 0.0243. The number of esters is 2. The summed E-state index contributed by atoms with van der Waals surface area (Å²) in [7, 11) is 0. The fraction of sp³-hybridized carbons (Fsp3) is 0.542. The van der Waals surface area contributed by atoms with Gasteiger partial charge < -0.3 is 24.1 Å². The largest absolute Gasteiger partial charge is 0.457 e. The van der Waals surface area contributed by atoms with E-state index in [9.17, 15) is 24.8 Å². The van der Waals surface area contributed by atoms with E-state index in [0.29, 0.717) is 0 Å². The summed E-state index contributed by atoms with van der Waals surface area (Å²) in [6.07, 6.45) is 1.88. The number of carbonyl (C=O) groups is 3. The van der Waals surface area contributed by atoms with Crippen LogP contribution < -0.4 is 5.32 Å². The lowest BCUT2D eigenvalue weighted by atomic mass is 9.87. The Morgan fingerprint density at radius 3 is 2.76 bits per heavy atom. The molecule has 3 heterocycles. The molecule has 0 bridgehead atoms. The Kier molecular flexibility index (Phi) is 7.89. The summed E-state index contributed by atoms with van der Waals surface area (Å²) in [5, 5.41) is 27.8. The lowest BCUT2D eigenvalue weighted by Crippen LogP contribution is -2.42. The fourth-order valence-electron chi connectivity index (χ4n) is 4.75. The van der Waals surface area contributed by atoms with E-state index in [4.69, 9.17) is 14.2 Å². The monoisotopic (exact) mass is 514 g/mol. The number of nitrogens with zero attached hydrogens (tertiary/aromatic N) is 4. The number of nitriles is 1. The highest BCUT2D eigenvalue weighted by Gasteiger charge is 2.58. The third-order valence-corrected chi connectivity index (χ3v) is 6.55. The molecule has 4 rings (SSSR count). The first-order valence-corrected chi connectivity index (χ1v) is 11.9. The minimum atomic E-state index is -1.96. The number of hydrogen-bond acceptors (Lipinski definition) is 11. The van der Waals surface area contributed by atoms with Crippen molar-refractivity contribution in [2.75, 3.05) is 12.1 Å². The van der Waals surface area contributed by atoms with Crippen molar-refractivity contribution in [2.45, 2.75) is 69.4 Å². The molecule has 37 heavy (non-hydrogen) atoms. The van der Waals surface area contributed by atoms with Crippen LogP contribution in [-0.2, 0) is 34.1 Å². The number of fused-ring (bicyclic) bond motifs is 1. The van der Waals surface area contributed by atoms with E-state index in [2.05, 4.69) is 27.1 Å². The van der Waals surface area contributed by atoms with Gasteiger partial charge in [0.2, 0.25) is 12.4 Å². The van der Waals surface area contributed by atoms with Crippen LogP contribution in [0.5, 0.6) is 0 Å². The normalized spacial score (nSPS) is 25.8. The zero-order valence-corrected chi connectivity index (χ0v) is 20.3. The molecule has 2 aromatic rings. The fourth-order valence-corrected chi connectivity index (χ4v) is 4.75. The molecule has 1 amide bonds. The van der Waals surface area contributed by atoms with Crippen molar-refractivity contribution in [1.29, 1.82) is 5.26 Å². The van der Waals surface area contributed by atoms with E-state index in [1.165, 1.54) is 23.6 Å². The van der Waals surface area contributed by atoms with Crippen LogP contribution in [0.25, 0.3) is 5.52 Å². The zero-order valence-electron chi connectivity index (χ0n) is 20.3. The van der Waals surface area contributed by atoms with Crippen molar-refractivity contribution in [1.82, 2.24) is 14.6 Å². The molecule has 0 aromatic carbocycles. The van der Waals surface area contributed by atoms with Crippen LogP contribution in [0.2, 0.25) is 0 Å². The Morgan fingerprint density at radius 2 is 2.05 bits per heavy atom.